The van der Waals surface area contributed by atoms with Crippen LogP contribution in [0.5, 0.6) is 0 Å². The summed E-state index contributed by atoms with van der Waals surface area (Å²) >= 11 is 12.0. The Morgan fingerprint density at radius 1 is 1.28 bits per heavy atom. The van der Waals surface area contributed by atoms with Crippen molar-refractivity contribution in [2.45, 2.75) is 13.1 Å². The lowest BCUT2D eigenvalue weighted by atomic mass is 10.2. The molecule has 0 aliphatic rings. The molecule has 0 bridgehead atoms. The predicted octanol–water partition coefficient (Wildman–Crippen LogP) is 3.72. The van der Waals surface area contributed by atoms with Crippen molar-refractivity contribution in [3.8, 4) is 0 Å². The maximum Gasteiger partial charge on any atom is 0.274 e. The fourth-order valence-corrected chi connectivity index (χ4v) is 2.59. The second kappa shape index (κ2) is 9.83. The lowest BCUT2D eigenvalue weighted by Gasteiger charge is -2.12. The zero-order valence-electron chi connectivity index (χ0n) is 13.6. The van der Waals surface area contributed by atoms with E-state index in [0.717, 1.165) is 5.69 Å². The summed E-state index contributed by atoms with van der Waals surface area (Å²) in [5, 5.41) is 18.1. The summed E-state index contributed by atoms with van der Waals surface area (Å²) in [5.41, 5.74) is 1.54. The molecule has 0 atom stereocenters. The fourth-order valence-electron chi connectivity index (χ4n) is 2.17. The number of benzene rings is 1. The number of halogens is 3. The van der Waals surface area contributed by atoms with Gasteiger partial charge in [0.25, 0.3) is 5.69 Å². The van der Waals surface area contributed by atoms with Crippen molar-refractivity contribution < 1.29 is 4.92 Å². The van der Waals surface area contributed by atoms with E-state index in [-0.39, 0.29) is 36.2 Å². The summed E-state index contributed by atoms with van der Waals surface area (Å²) < 4.78 is 1.77. The zero-order chi connectivity index (χ0) is 17.7. The molecule has 7 nitrogen and oxygen atoms in total. The lowest BCUT2D eigenvalue weighted by Crippen LogP contribution is -2.36. The van der Waals surface area contributed by atoms with E-state index in [4.69, 9.17) is 23.2 Å². The highest BCUT2D eigenvalue weighted by atomic mass is 127. The van der Waals surface area contributed by atoms with Crippen molar-refractivity contribution in [1.82, 2.24) is 15.2 Å². The molecule has 0 saturated heterocycles. The Morgan fingerprint density at radius 2 is 1.92 bits per heavy atom. The van der Waals surface area contributed by atoms with Gasteiger partial charge in [-0.3, -0.25) is 15.1 Å². The number of nitro benzene ring substituents is 1. The van der Waals surface area contributed by atoms with Gasteiger partial charge < -0.3 is 15.2 Å². The average Bonchev–Trinajstić information content (AvgIpc) is 2.82. The molecular formula is C15H18Cl2IN5O2. The van der Waals surface area contributed by atoms with Crippen LogP contribution < -0.4 is 10.6 Å². The van der Waals surface area contributed by atoms with Gasteiger partial charge in [0.1, 0.15) is 5.15 Å². The molecule has 0 spiro atoms. The summed E-state index contributed by atoms with van der Waals surface area (Å²) in [6, 6.07) is 8.34. The first-order chi connectivity index (χ1) is 11.4. The third kappa shape index (κ3) is 5.48. The van der Waals surface area contributed by atoms with Gasteiger partial charge in [-0.1, -0.05) is 41.4 Å². The van der Waals surface area contributed by atoms with Crippen molar-refractivity contribution in [3.05, 3.63) is 61.9 Å². The van der Waals surface area contributed by atoms with Gasteiger partial charge in [0, 0.05) is 38.0 Å². The number of rotatable bonds is 5. The van der Waals surface area contributed by atoms with Gasteiger partial charge in [-0.15, -0.1) is 24.0 Å². The fraction of sp³-hybridized carbons (Fsp3) is 0.267. The number of nitro groups is 1. The number of nitrogens with zero attached hydrogens (tertiary/aromatic N) is 3. The van der Waals surface area contributed by atoms with E-state index < -0.39 is 4.92 Å². The van der Waals surface area contributed by atoms with Gasteiger partial charge >= 0.3 is 0 Å². The molecule has 2 aromatic rings. The van der Waals surface area contributed by atoms with E-state index >= 15 is 0 Å². The van der Waals surface area contributed by atoms with Crippen LogP contribution in [0.3, 0.4) is 0 Å². The summed E-state index contributed by atoms with van der Waals surface area (Å²) in [4.78, 5) is 14.7. The second-order valence-corrected chi connectivity index (χ2v) is 5.76. The van der Waals surface area contributed by atoms with E-state index in [1.807, 2.05) is 7.05 Å². The number of aromatic nitrogens is 1. The van der Waals surface area contributed by atoms with E-state index in [1.54, 1.807) is 35.9 Å². The summed E-state index contributed by atoms with van der Waals surface area (Å²) in [7, 11) is 3.44. The minimum absolute atomic E-state index is 0. The maximum atomic E-state index is 11.0. The molecule has 10 heteroatoms. The Balaban J connectivity index is 0.00000312. The molecule has 0 unspecified atom stereocenters. The van der Waals surface area contributed by atoms with E-state index in [1.165, 1.54) is 6.07 Å². The molecule has 2 rings (SSSR count). The summed E-state index contributed by atoms with van der Waals surface area (Å²) in [6.45, 7) is 0.741. The highest BCUT2D eigenvalue weighted by Crippen LogP contribution is 2.24. The lowest BCUT2D eigenvalue weighted by molar-refractivity contribution is -0.385. The molecule has 0 fully saturated rings. The summed E-state index contributed by atoms with van der Waals surface area (Å²) in [6.07, 6.45) is 0. The number of guanidine groups is 1. The quantitative estimate of drug-likeness (QED) is 0.217. The molecule has 1 aromatic heterocycles. The van der Waals surface area contributed by atoms with Crippen LogP contribution >= 0.6 is 47.2 Å². The van der Waals surface area contributed by atoms with Crippen molar-refractivity contribution in [1.29, 1.82) is 0 Å². The van der Waals surface area contributed by atoms with Crippen LogP contribution in [0.1, 0.15) is 11.3 Å². The molecule has 0 radical (unpaired) electrons. The average molecular weight is 498 g/mol. The van der Waals surface area contributed by atoms with Crippen LogP contribution in [0.25, 0.3) is 0 Å². The van der Waals surface area contributed by atoms with Gasteiger partial charge in [-0.05, 0) is 6.07 Å². The zero-order valence-corrected chi connectivity index (χ0v) is 17.5. The van der Waals surface area contributed by atoms with Gasteiger partial charge in [-0.2, -0.15) is 0 Å². The highest BCUT2D eigenvalue weighted by molar-refractivity contribution is 14.0. The normalized spacial score (nSPS) is 11.0. The third-order valence-corrected chi connectivity index (χ3v) is 4.35. The molecule has 0 amide bonds. The van der Waals surface area contributed by atoms with Gasteiger partial charge in [0.15, 0.2) is 5.96 Å². The number of para-hydroxylation sites is 1. The van der Waals surface area contributed by atoms with Crippen LogP contribution in [0.15, 0.2) is 35.3 Å². The Kier molecular flexibility index (Phi) is 8.46. The molecule has 136 valence electrons. The van der Waals surface area contributed by atoms with Crippen LogP contribution in [0, 0.1) is 10.1 Å². The Hall–Kier alpha value is -1.52. The van der Waals surface area contributed by atoms with Crippen LogP contribution in [0.2, 0.25) is 10.2 Å². The van der Waals surface area contributed by atoms with Crippen molar-refractivity contribution in [2.75, 3.05) is 7.05 Å². The first kappa shape index (κ1) is 21.5. The second-order valence-electron chi connectivity index (χ2n) is 5.00. The molecule has 0 aliphatic carbocycles. The van der Waals surface area contributed by atoms with Gasteiger partial charge in [-0.25, -0.2) is 0 Å². The maximum absolute atomic E-state index is 11.0. The first-order valence-corrected chi connectivity index (χ1v) is 7.86. The van der Waals surface area contributed by atoms with Crippen molar-refractivity contribution in [3.63, 3.8) is 0 Å². The number of hydrogen-bond donors (Lipinski definition) is 2. The Labute approximate surface area is 172 Å². The van der Waals surface area contributed by atoms with Crippen molar-refractivity contribution in [2.24, 2.45) is 12.0 Å². The standard InChI is InChI=1S/C15H17Cl2N5O2.HI/c1-18-15(20-9-11-7-12(16)14(17)21(11)2)19-8-10-5-3-4-6-13(10)22(23)24;/h3-7H,8-9H2,1-2H3,(H2,18,19,20);1H. The minimum atomic E-state index is -0.402. The Bertz CT molecular complexity index is 779. The van der Waals surface area contributed by atoms with Crippen LogP contribution in [-0.2, 0) is 20.1 Å². The molecule has 0 aliphatic heterocycles. The number of aliphatic imine (C=N–C) groups is 1. The van der Waals surface area contributed by atoms with E-state index in [2.05, 4.69) is 15.6 Å². The first-order valence-electron chi connectivity index (χ1n) is 7.10. The predicted molar refractivity (Wildman–Crippen MR) is 111 cm³/mol. The number of hydrogen-bond acceptors (Lipinski definition) is 3. The molecule has 1 heterocycles. The largest absolute Gasteiger partial charge is 0.352 e. The highest BCUT2D eigenvalue weighted by Gasteiger charge is 2.13. The summed E-state index contributed by atoms with van der Waals surface area (Å²) in [5.74, 6) is 0.515. The van der Waals surface area contributed by atoms with E-state index in [9.17, 15) is 10.1 Å². The molecular weight excluding hydrogens is 480 g/mol. The van der Waals surface area contributed by atoms with Gasteiger partial charge in [0.05, 0.1) is 16.5 Å². The number of nitrogens with one attached hydrogen (secondary N) is 2. The molecule has 25 heavy (non-hydrogen) atoms. The topological polar surface area (TPSA) is 84.5 Å². The monoisotopic (exact) mass is 497 g/mol. The smallest absolute Gasteiger partial charge is 0.274 e. The molecule has 0 saturated carbocycles. The SMILES string of the molecule is CN=C(NCc1ccccc1[N+](=O)[O-])NCc1cc(Cl)c(Cl)n1C.I. The van der Waals surface area contributed by atoms with Gasteiger partial charge in [0.2, 0.25) is 0 Å². The Morgan fingerprint density at radius 3 is 2.48 bits per heavy atom. The van der Waals surface area contributed by atoms with E-state index in [0.29, 0.717) is 28.2 Å². The van der Waals surface area contributed by atoms with Crippen LogP contribution in [-0.4, -0.2) is 22.5 Å². The third-order valence-electron chi connectivity index (χ3n) is 3.51. The molecule has 2 N–H and O–H groups in total. The van der Waals surface area contributed by atoms with Crippen molar-refractivity contribution >= 4 is 58.8 Å². The minimum Gasteiger partial charge on any atom is -0.352 e. The molecule has 1 aromatic carbocycles. The van der Waals surface area contributed by atoms with Crippen LogP contribution in [0.4, 0.5) is 5.69 Å².